The summed E-state index contributed by atoms with van der Waals surface area (Å²) in [7, 11) is 0. The van der Waals surface area contributed by atoms with Gasteiger partial charge in [-0.1, -0.05) is 12.1 Å². The summed E-state index contributed by atoms with van der Waals surface area (Å²) in [6.45, 7) is 3.74. The van der Waals surface area contributed by atoms with E-state index in [-0.39, 0.29) is 11.5 Å². The molecule has 0 atom stereocenters. The lowest BCUT2D eigenvalue weighted by Crippen LogP contribution is -2.15. The highest BCUT2D eigenvalue weighted by Gasteiger charge is 2.18. The van der Waals surface area contributed by atoms with Crippen LogP contribution in [0.1, 0.15) is 31.2 Å². The number of nitrogens with one attached hydrogen (secondary N) is 1. The first-order valence-electron chi connectivity index (χ1n) is 5.80. The maximum absolute atomic E-state index is 12.3. The summed E-state index contributed by atoms with van der Waals surface area (Å²) in [4.78, 5) is 24.2. The molecule has 0 unspecified atom stereocenters. The van der Waals surface area contributed by atoms with Gasteiger partial charge < -0.3 is 10.4 Å². The van der Waals surface area contributed by atoms with Crippen LogP contribution in [0.25, 0.3) is 0 Å². The monoisotopic (exact) mass is 401 g/mol. The number of hydrogen-bond donors (Lipinski definition) is 2. The van der Waals surface area contributed by atoms with Gasteiger partial charge in [-0.15, -0.1) is 11.3 Å². The molecule has 0 aliphatic heterocycles. The number of hydrogen-bond acceptors (Lipinski definition) is 3. The minimum absolute atomic E-state index is 0.128. The highest BCUT2D eigenvalue weighted by atomic mass is 127. The van der Waals surface area contributed by atoms with Crippen molar-refractivity contribution in [3.05, 3.63) is 49.4 Å². The van der Waals surface area contributed by atoms with E-state index in [1.807, 2.05) is 26.0 Å². The summed E-state index contributed by atoms with van der Waals surface area (Å²) in [6.07, 6.45) is 0. The van der Waals surface area contributed by atoms with Crippen LogP contribution in [0.15, 0.2) is 24.3 Å². The molecule has 0 spiro atoms. The van der Waals surface area contributed by atoms with Crippen molar-refractivity contribution in [1.82, 2.24) is 0 Å². The van der Waals surface area contributed by atoms with Gasteiger partial charge in [-0.05, 0) is 54.1 Å². The van der Waals surface area contributed by atoms with Crippen molar-refractivity contribution in [2.75, 3.05) is 5.32 Å². The fourth-order valence-electron chi connectivity index (χ4n) is 1.76. The lowest BCUT2D eigenvalue weighted by molar-refractivity contribution is 0.0698. The molecule has 1 amide bonds. The summed E-state index contributed by atoms with van der Waals surface area (Å²) in [5.41, 5.74) is 1.69. The molecule has 0 saturated heterocycles. The molecule has 1 aromatic heterocycles. The molecular weight excluding hydrogens is 389 g/mol. The zero-order valence-corrected chi connectivity index (χ0v) is 13.8. The standard InChI is InChI=1S/C14H12INO3S/c1-7-4-3-5-9(11(7)15)12(17)16-13-10(14(18)19)6-8(2)20-13/h3-6H,1-2H3,(H,16,17)(H,18,19). The predicted octanol–water partition coefficient (Wildman–Crippen LogP) is 3.92. The number of carboxylic acids is 1. The van der Waals surface area contributed by atoms with E-state index < -0.39 is 5.97 Å². The number of carbonyl (C=O) groups is 2. The number of benzene rings is 1. The van der Waals surface area contributed by atoms with Crippen molar-refractivity contribution in [1.29, 1.82) is 0 Å². The van der Waals surface area contributed by atoms with E-state index in [0.29, 0.717) is 10.6 Å². The first kappa shape index (κ1) is 15.0. The Bertz CT molecular complexity index is 694. The van der Waals surface area contributed by atoms with E-state index in [4.69, 9.17) is 5.11 Å². The average Bonchev–Trinajstić information content (AvgIpc) is 2.73. The number of aryl methyl sites for hydroxylation is 2. The Morgan fingerprint density at radius 3 is 2.60 bits per heavy atom. The first-order valence-corrected chi connectivity index (χ1v) is 7.70. The van der Waals surface area contributed by atoms with E-state index in [9.17, 15) is 9.59 Å². The minimum atomic E-state index is -1.04. The summed E-state index contributed by atoms with van der Waals surface area (Å²) in [6, 6.07) is 7.02. The Kier molecular flexibility index (Phi) is 4.44. The number of aromatic carboxylic acids is 1. The summed E-state index contributed by atoms with van der Waals surface area (Å²) >= 11 is 3.38. The normalized spacial score (nSPS) is 10.3. The summed E-state index contributed by atoms with van der Waals surface area (Å²) in [5, 5.41) is 12.2. The van der Waals surface area contributed by atoms with Crippen LogP contribution in [0.2, 0.25) is 0 Å². The molecule has 0 fully saturated rings. The number of carboxylic acid groups (broad SMARTS) is 1. The van der Waals surface area contributed by atoms with Gasteiger partial charge in [0.2, 0.25) is 0 Å². The maximum atomic E-state index is 12.3. The van der Waals surface area contributed by atoms with E-state index in [2.05, 4.69) is 27.9 Å². The molecule has 0 bridgehead atoms. The predicted molar refractivity (Wildman–Crippen MR) is 87.9 cm³/mol. The van der Waals surface area contributed by atoms with Crippen molar-refractivity contribution in [2.45, 2.75) is 13.8 Å². The van der Waals surface area contributed by atoms with Crippen LogP contribution in [0.4, 0.5) is 5.00 Å². The van der Waals surface area contributed by atoms with Gasteiger partial charge in [0.05, 0.1) is 11.1 Å². The third-order valence-corrected chi connectivity index (χ3v) is 5.15. The van der Waals surface area contributed by atoms with Crippen molar-refractivity contribution in [2.24, 2.45) is 0 Å². The Morgan fingerprint density at radius 1 is 1.25 bits per heavy atom. The van der Waals surface area contributed by atoms with Gasteiger partial charge in [0.15, 0.2) is 0 Å². The topological polar surface area (TPSA) is 66.4 Å². The van der Waals surface area contributed by atoms with Gasteiger partial charge in [-0.2, -0.15) is 0 Å². The average molecular weight is 401 g/mol. The molecule has 104 valence electrons. The highest BCUT2D eigenvalue weighted by molar-refractivity contribution is 14.1. The number of amides is 1. The van der Waals surface area contributed by atoms with Gasteiger partial charge in [0.25, 0.3) is 5.91 Å². The zero-order valence-electron chi connectivity index (χ0n) is 10.9. The number of rotatable bonds is 3. The number of carbonyl (C=O) groups excluding carboxylic acids is 1. The Labute approximate surface area is 134 Å². The van der Waals surface area contributed by atoms with Crippen molar-refractivity contribution < 1.29 is 14.7 Å². The van der Waals surface area contributed by atoms with Gasteiger partial charge in [-0.3, -0.25) is 4.79 Å². The number of thiophene rings is 1. The molecule has 0 saturated carbocycles. The highest BCUT2D eigenvalue weighted by Crippen LogP contribution is 2.28. The molecule has 4 nitrogen and oxygen atoms in total. The quantitative estimate of drug-likeness (QED) is 0.767. The molecular formula is C14H12INO3S. The van der Waals surface area contributed by atoms with Crippen LogP contribution in [0, 0.1) is 17.4 Å². The summed E-state index contributed by atoms with van der Waals surface area (Å²) in [5.74, 6) is -1.33. The van der Waals surface area contributed by atoms with E-state index in [1.54, 1.807) is 12.1 Å². The van der Waals surface area contributed by atoms with Gasteiger partial charge in [0.1, 0.15) is 5.00 Å². The largest absolute Gasteiger partial charge is 0.478 e. The second kappa shape index (κ2) is 5.92. The van der Waals surface area contributed by atoms with Gasteiger partial charge >= 0.3 is 5.97 Å². The van der Waals surface area contributed by atoms with Crippen molar-refractivity contribution >= 4 is 50.8 Å². The first-order chi connectivity index (χ1) is 9.40. The second-order valence-electron chi connectivity index (χ2n) is 4.30. The molecule has 0 radical (unpaired) electrons. The Balaban J connectivity index is 2.33. The third kappa shape index (κ3) is 3.01. The molecule has 2 aromatic rings. The lowest BCUT2D eigenvalue weighted by atomic mass is 10.1. The molecule has 2 N–H and O–H groups in total. The minimum Gasteiger partial charge on any atom is -0.478 e. The van der Waals surface area contributed by atoms with Crippen LogP contribution in [0.5, 0.6) is 0 Å². The van der Waals surface area contributed by atoms with E-state index in [1.165, 1.54) is 11.3 Å². The van der Waals surface area contributed by atoms with Crippen LogP contribution >= 0.6 is 33.9 Å². The zero-order chi connectivity index (χ0) is 14.9. The van der Waals surface area contributed by atoms with E-state index in [0.717, 1.165) is 14.0 Å². The third-order valence-electron chi connectivity index (χ3n) is 2.75. The molecule has 20 heavy (non-hydrogen) atoms. The molecule has 1 aromatic carbocycles. The maximum Gasteiger partial charge on any atom is 0.338 e. The molecule has 2 rings (SSSR count). The second-order valence-corrected chi connectivity index (χ2v) is 6.63. The van der Waals surface area contributed by atoms with Crippen molar-refractivity contribution in [3.8, 4) is 0 Å². The van der Waals surface area contributed by atoms with Crippen LogP contribution in [-0.4, -0.2) is 17.0 Å². The van der Waals surface area contributed by atoms with Crippen LogP contribution in [-0.2, 0) is 0 Å². The molecule has 0 aliphatic carbocycles. The van der Waals surface area contributed by atoms with Gasteiger partial charge in [-0.25, -0.2) is 4.79 Å². The fourth-order valence-corrected chi connectivity index (χ4v) is 3.26. The van der Waals surface area contributed by atoms with Crippen molar-refractivity contribution in [3.63, 3.8) is 0 Å². The van der Waals surface area contributed by atoms with Gasteiger partial charge in [0, 0.05) is 8.45 Å². The fraction of sp³-hybridized carbons (Fsp3) is 0.143. The van der Waals surface area contributed by atoms with E-state index >= 15 is 0 Å². The number of anilines is 1. The molecule has 6 heteroatoms. The molecule has 1 heterocycles. The smallest absolute Gasteiger partial charge is 0.338 e. The Hall–Kier alpha value is -1.41. The SMILES string of the molecule is Cc1cc(C(=O)O)c(NC(=O)c2cccc(C)c2I)s1. The molecule has 0 aliphatic rings. The number of halogens is 1. The Morgan fingerprint density at radius 2 is 1.95 bits per heavy atom. The summed E-state index contributed by atoms with van der Waals surface area (Å²) < 4.78 is 0.868. The van der Waals surface area contributed by atoms with Crippen LogP contribution in [0.3, 0.4) is 0 Å². The lowest BCUT2D eigenvalue weighted by Gasteiger charge is -2.07. The van der Waals surface area contributed by atoms with Crippen LogP contribution < -0.4 is 5.32 Å².